The van der Waals surface area contributed by atoms with Gasteiger partial charge >= 0.3 is 12.3 Å². The average Bonchev–Trinajstić information content (AvgIpc) is 3.45. The van der Waals surface area contributed by atoms with Crippen molar-refractivity contribution < 1.29 is 36.2 Å². The average molecular weight is 562 g/mol. The van der Waals surface area contributed by atoms with Gasteiger partial charge in [0.05, 0.1) is 11.3 Å². The number of aliphatic carboxylic acids is 1. The zero-order chi connectivity index (χ0) is 28.2. The number of nitrogens with zero attached hydrogens (tertiary/aromatic N) is 1. The molecular formula is C26H38F3N3O5S. The van der Waals surface area contributed by atoms with E-state index in [0.29, 0.717) is 0 Å². The monoisotopic (exact) mass is 561 g/mol. The molecular weight excluding hydrogens is 523 g/mol. The maximum Gasteiger partial charge on any atom is 0.573 e. The molecule has 1 aliphatic carbocycles. The highest BCUT2D eigenvalue weighted by Crippen LogP contribution is 2.34. The topological polar surface area (TPSA) is 129 Å². The number of halogens is 3. The van der Waals surface area contributed by atoms with E-state index in [-0.39, 0.29) is 18.5 Å². The number of unbranched alkanes of at least 4 members (excludes halogenated alkanes) is 7. The number of nitrogens with one attached hydrogen (secondary N) is 2. The summed E-state index contributed by atoms with van der Waals surface area (Å²) in [5, 5.41) is 22.5. The number of hydrogen-bond donors (Lipinski definition) is 3. The van der Waals surface area contributed by atoms with Gasteiger partial charge in [-0.3, -0.25) is 10.1 Å². The summed E-state index contributed by atoms with van der Waals surface area (Å²) in [7, 11) is -4.16. The van der Waals surface area contributed by atoms with Crippen LogP contribution in [0.4, 0.5) is 13.2 Å². The molecule has 3 rings (SSSR count). The maximum atomic E-state index is 12.4. The molecule has 38 heavy (non-hydrogen) atoms. The van der Waals surface area contributed by atoms with Gasteiger partial charge in [0.2, 0.25) is 0 Å². The van der Waals surface area contributed by atoms with Crippen molar-refractivity contribution >= 4 is 15.8 Å². The van der Waals surface area contributed by atoms with Crippen molar-refractivity contribution in [1.29, 1.82) is 5.26 Å². The van der Waals surface area contributed by atoms with E-state index in [1.54, 1.807) is 0 Å². The molecule has 0 bridgehead atoms. The molecule has 214 valence electrons. The molecule has 3 N–H and O–H groups in total. The first-order chi connectivity index (χ1) is 17.9. The summed E-state index contributed by atoms with van der Waals surface area (Å²) in [4.78, 5) is 10.2. The van der Waals surface area contributed by atoms with E-state index in [1.807, 2.05) is 0 Å². The van der Waals surface area contributed by atoms with Gasteiger partial charge in [-0.15, -0.1) is 13.2 Å². The van der Waals surface area contributed by atoms with Crippen LogP contribution in [0.5, 0.6) is 5.75 Å². The van der Waals surface area contributed by atoms with E-state index < -0.39 is 44.1 Å². The van der Waals surface area contributed by atoms with Gasteiger partial charge in [0, 0.05) is 6.54 Å². The molecule has 1 saturated carbocycles. The van der Waals surface area contributed by atoms with Crippen LogP contribution in [0.2, 0.25) is 0 Å². The molecule has 0 amide bonds. The number of carbonyl (C=O) groups is 1. The molecule has 1 saturated heterocycles. The lowest BCUT2D eigenvalue weighted by Gasteiger charge is -2.16. The first kappa shape index (κ1) is 31.9. The number of sulfone groups is 1. The number of ether oxygens (including phenoxy) is 1. The van der Waals surface area contributed by atoms with Crippen molar-refractivity contribution in [2.24, 2.45) is 0 Å². The molecule has 2 aliphatic rings. The van der Waals surface area contributed by atoms with Gasteiger partial charge in [0.25, 0.3) is 0 Å². The second-order valence-corrected chi connectivity index (χ2v) is 12.0. The molecule has 0 unspecified atom stereocenters. The highest BCUT2D eigenvalue weighted by atomic mass is 32.2. The minimum Gasteiger partial charge on any atom is -0.480 e. The summed E-state index contributed by atoms with van der Waals surface area (Å²) in [6.07, 6.45) is 7.72. The lowest BCUT2D eigenvalue weighted by atomic mass is 10.1. The van der Waals surface area contributed by atoms with Crippen LogP contribution in [-0.2, 0) is 14.6 Å². The molecule has 1 aromatic rings. The Kier molecular flexibility index (Phi) is 12.3. The Hall–Kier alpha value is -2.36. The van der Waals surface area contributed by atoms with E-state index in [2.05, 4.69) is 28.4 Å². The van der Waals surface area contributed by atoms with Crippen LogP contribution in [-0.4, -0.2) is 55.8 Å². The quantitative estimate of drug-likeness (QED) is 0.272. The molecule has 12 heteroatoms. The largest absolute Gasteiger partial charge is 0.573 e. The number of alkyl halides is 3. The zero-order valence-electron chi connectivity index (χ0n) is 21.7. The van der Waals surface area contributed by atoms with E-state index in [9.17, 15) is 26.4 Å². The SMILES string of the molecule is CCCCCCCCCCNC1(C#N)CC1.O=C(O)[C@@H]1C[C@@H](S(=O)(=O)c2ccccc2OC(F)(F)F)CN1. The third-order valence-corrected chi connectivity index (χ3v) is 8.85. The molecule has 1 aliphatic heterocycles. The Bertz CT molecular complexity index is 1040. The molecule has 0 spiro atoms. The van der Waals surface area contributed by atoms with Crippen LogP contribution in [0.15, 0.2) is 29.2 Å². The Morgan fingerprint density at radius 3 is 2.29 bits per heavy atom. The summed E-state index contributed by atoms with van der Waals surface area (Å²) in [6.45, 7) is 3.14. The fourth-order valence-corrected chi connectivity index (χ4v) is 6.02. The van der Waals surface area contributed by atoms with Crippen molar-refractivity contribution in [3.05, 3.63) is 24.3 Å². The van der Waals surface area contributed by atoms with Crippen LogP contribution < -0.4 is 15.4 Å². The molecule has 1 heterocycles. The second-order valence-electron chi connectivity index (χ2n) is 9.79. The molecule has 0 aromatic heterocycles. The summed E-state index contributed by atoms with van der Waals surface area (Å²) in [5.41, 5.74) is -0.110. The van der Waals surface area contributed by atoms with Gasteiger partial charge < -0.3 is 15.2 Å². The standard InChI is InChI=1S/C14H26N2.C12H12F3NO5S/c1-2-3-4-5-6-7-8-9-12-16-14(13-15)10-11-14;13-12(14,15)21-9-3-1-2-4-10(9)22(19,20)7-5-8(11(17)18)16-6-7/h16H,2-12H2,1H3;1-4,7-8,16H,5-6H2,(H,17,18)/t;7-,8+/m.1/s1. The molecule has 2 atom stereocenters. The minimum atomic E-state index is -5.02. The second kappa shape index (κ2) is 14.7. The Morgan fingerprint density at radius 2 is 1.76 bits per heavy atom. The van der Waals surface area contributed by atoms with Crippen molar-refractivity contribution in [2.75, 3.05) is 13.1 Å². The van der Waals surface area contributed by atoms with Gasteiger partial charge in [-0.1, -0.05) is 64.0 Å². The minimum absolute atomic E-state index is 0.110. The van der Waals surface area contributed by atoms with E-state index in [1.165, 1.54) is 63.5 Å². The lowest BCUT2D eigenvalue weighted by molar-refractivity contribution is -0.275. The third-order valence-electron chi connectivity index (χ3n) is 6.67. The van der Waals surface area contributed by atoms with Gasteiger partial charge in [0.1, 0.15) is 22.2 Å². The van der Waals surface area contributed by atoms with Gasteiger partial charge in [-0.25, -0.2) is 8.42 Å². The van der Waals surface area contributed by atoms with Crippen LogP contribution in [0.25, 0.3) is 0 Å². The number of carboxylic acid groups (broad SMARTS) is 1. The number of carboxylic acids is 1. The van der Waals surface area contributed by atoms with Gasteiger partial charge in [-0.05, 0) is 44.4 Å². The highest BCUT2D eigenvalue weighted by molar-refractivity contribution is 7.92. The van der Waals surface area contributed by atoms with Gasteiger partial charge in [0.15, 0.2) is 9.84 Å². The molecule has 0 radical (unpaired) electrons. The van der Waals surface area contributed by atoms with E-state index in [4.69, 9.17) is 10.4 Å². The zero-order valence-corrected chi connectivity index (χ0v) is 22.5. The van der Waals surface area contributed by atoms with Crippen LogP contribution in [0, 0.1) is 11.3 Å². The Morgan fingerprint density at radius 1 is 1.16 bits per heavy atom. The van der Waals surface area contributed by atoms with Crippen molar-refractivity contribution in [3.63, 3.8) is 0 Å². The smallest absolute Gasteiger partial charge is 0.480 e. The van der Waals surface area contributed by atoms with Gasteiger partial charge in [-0.2, -0.15) is 5.26 Å². The molecule has 8 nitrogen and oxygen atoms in total. The van der Waals surface area contributed by atoms with Crippen LogP contribution >= 0.6 is 0 Å². The van der Waals surface area contributed by atoms with Crippen LogP contribution in [0.1, 0.15) is 77.6 Å². The Labute approximate surface area is 222 Å². The first-order valence-electron chi connectivity index (χ1n) is 13.2. The third kappa shape index (κ3) is 10.4. The maximum absolute atomic E-state index is 12.4. The first-order valence-corrected chi connectivity index (χ1v) is 14.7. The fourth-order valence-electron chi connectivity index (χ4n) is 4.24. The number of nitriles is 1. The summed E-state index contributed by atoms with van der Waals surface area (Å²) in [5.74, 6) is -2.04. The highest BCUT2D eigenvalue weighted by Gasteiger charge is 2.42. The summed E-state index contributed by atoms with van der Waals surface area (Å²) in [6, 6.07) is 5.71. The lowest BCUT2D eigenvalue weighted by Crippen LogP contribution is -2.30. The number of hydrogen-bond acceptors (Lipinski definition) is 7. The Balaban J connectivity index is 0.000000281. The summed E-state index contributed by atoms with van der Waals surface area (Å²) >= 11 is 0. The van der Waals surface area contributed by atoms with Crippen molar-refractivity contribution in [3.8, 4) is 11.8 Å². The fraction of sp³-hybridized carbons (Fsp3) is 0.692. The predicted molar refractivity (Wildman–Crippen MR) is 136 cm³/mol. The van der Waals surface area contributed by atoms with E-state index >= 15 is 0 Å². The van der Waals surface area contributed by atoms with E-state index in [0.717, 1.165) is 31.5 Å². The van der Waals surface area contributed by atoms with Crippen molar-refractivity contribution in [2.45, 2.75) is 106 Å². The normalized spacial score (nSPS) is 20.2. The number of para-hydroxylation sites is 1. The number of rotatable bonds is 14. The van der Waals surface area contributed by atoms with Crippen molar-refractivity contribution in [1.82, 2.24) is 10.6 Å². The van der Waals surface area contributed by atoms with Crippen LogP contribution in [0.3, 0.4) is 0 Å². The molecule has 1 aromatic carbocycles. The predicted octanol–water partition coefficient (Wildman–Crippen LogP) is 4.95. The summed E-state index contributed by atoms with van der Waals surface area (Å²) < 4.78 is 65.6. The number of benzene rings is 1. The molecule has 2 fully saturated rings.